The van der Waals surface area contributed by atoms with E-state index in [1.54, 1.807) is 18.0 Å². The summed E-state index contributed by atoms with van der Waals surface area (Å²) in [4.78, 5) is 24.0. The number of rotatable bonds is 15. The lowest BCUT2D eigenvalue weighted by Crippen LogP contribution is -2.26. The van der Waals surface area contributed by atoms with Crippen LogP contribution in [-0.4, -0.2) is 46.7 Å². The van der Waals surface area contributed by atoms with Crippen molar-refractivity contribution >= 4 is 11.9 Å². The first-order valence-corrected chi connectivity index (χ1v) is 9.44. The Kier molecular flexibility index (Phi) is 14.9. The maximum absolute atomic E-state index is 11.9. The number of aliphatic hydroxyl groups is 1. The SMILES string of the molecule is CCCCC[C@@H](O)/C=C/C=C\CN(C)C(=O)CCCCCCC(=O)O. The number of unbranched alkanes of at least 4 members (excludes halogenated alkanes) is 5. The molecule has 0 rings (SSSR count). The highest BCUT2D eigenvalue weighted by Crippen LogP contribution is 2.07. The number of hydrogen-bond donors (Lipinski definition) is 2. The molecule has 0 spiro atoms. The molecule has 5 heteroatoms. The normalized spacial score (nSPS) is 12.8. The Bertz CT molecular complexity index is 418. The molecule has 0 heterocycles. The zero-order valence-corrected chi connectivity index (χ0v) is 15.8. The average molecular weight is 354 g/mol. The molecule has 1 atom stereocenters. The van der Waals surface area contributed by atoms with Gasteiger partial charge in [-0.2, -0.15) is 0 Å². The first kappa shape index (κ1) is 23.4. The molecule has 0 aliphatic heterocycles. The van der Waals surface area contributed by atoms with Gasteiger partial charge in [-0.05, 0) is 19.3 Å². The van der Waals surface area contributed by atoms with Crippen molar-refractivity contribution in [2.24, 2.45) is 0 Å². The monoisotopic (exact) mass is 353 g/mol. The molecule has 0 saturated carbocycles. The molecule has 0 fully saturated rings. The average Bonchev–Trinajstić information content (AvgIpc) is 2.57. The predicted molar refractivity (Wildman–Crippen MR) is 101 cm³/mol. The summed E-state index contributed by atoms with van der Waals surface area (Å²) in [6, 6.07) is 0. The van der Waals surface area contributed by atoms with Crippen LogP contribution >= 0.6 is 0 Å². The summed E-state index contributed by atoms with van der Waals surface area (Å²) in [5.74, 6) is -0.656. The lowest BCUT2D eigenvalue weighted by molar-refractivity contribution is -0.137. The largest absolute Gasteiger partial charge is 0.481 e. The molecule has 144 valence electrons. The smallest absolute Gasteiger partial charge is 0.303 e. The van der Waals surface area contributed by atoms with Gasteiger partial charge in [0.05, 0.1) is 6.10 Å². The van der Waals surface area contributed by atoms with Gasteiger partial charge in [-0.15, -0.1) is 0 Å². The highest BCUT2D eigenvalue weighted by molar-refractivity contribution is 5.75. The van der Waals surface area contributed by atoms with Gasteiger partial charge in [0.1, 0.15) is 0 Å². The van der Waals surface area contributed by atoms with E-state index in [0.29, 0.717) is 19.4 Å². The number of aliphatic carboxylic acids is 1. The van der Waals surface area contributed by atoms with Crippen LogP contribution < -0.4 is 0 Å². The Morgan fingerprint density at radius 1 is 1.00 bits per heavy atom. The Morgan fingerprint density at radius 2 is 1.68 bits per heavy atom. The minimum absolute atomic E-state index is 0.103. The van der Waals surface area contributed by atoms with Gasteiger partial charge in [-0.3, -0.25) is 9.59 Å². The molecular formula is C20H35NO4. The van der Waals surface area contributed by atoms with E-state index >= 15 is 0 Å². The van der Waals surface area contributed by atoms with Crippen LogP contribution in [0, 0.1) is 0 Å². The molecule has 5 nitrogen and oxygen atoms in total. The van der Waals surface area contributed by atoms with Crippen LogP contribution in [0.2, 0.25) is 0 Å². The number of carbonyl (C=O) groups is 2. The number of carboxylic acid groups (broad SMARTS) is 1. The van der Waals surface area contributed by atoms with Gasteiger partial charge in [-0.25, -0.2) is 0 Å². The van der Waals surface area contributed by atoms with E-state index < -0.39 is 12.1 Å². The first-order chi connectivity index (χ1) is 12.0. The third-order valence-corrected chi connectivity index (χ3v) is 4.02. The maximum atomic E-state index is 11.9. The zero-order chi connectivity index (χ0) is 18.9. The molecule has 2 N–H and O–H groups in total. The summed E-state index contributed by atoms with van der Waals surface area (Å²) < 4.78 is 0. The Balaban J connectivity index is 3.76. The molecule has 0 aromatic heterocycles. The third-order valence-electron chi connectivity index (χ3n) is 4.02. The summed E-state index contributed by atoms with van der Waals surface area (Å²) in [6.07, 6.45) is 15.1. The van der Waals surface area contributed by atoms with E-state index in [4.69, 9.17) is 5.11 Å². The number of nitrogens with zero attached hydrogens (tertiary/aromatic N) is 1. The van der Waals surface area contributed by atoms with Gasteiger partial charge < -0.3 is 15.1 Å². The second kappa shape index (κ2) is 15.9. The third kappa shape index (κ3) is 15.6. The van der Waals surface area contributed by atoms with Gasteiger partial charge in [-0.1, -0.05) is 63.3 Å². The Hall–Kier alpha value is -1.62. The van der Waals surface area contributed by atoms with Crippen LogP contribution in [0.1, 0.15) is 71.1 Å². The van der Waals surface area contributed by atoms with Crippen molar-refractivity contribution in [1.29, 1.82) is 0 Å². The summed E-state index contributed by atoms with van der Waals surface area (Å²) in [5, 5.41) is 18.3. The fourth-order valence-corrected chi connectivity index (χ4v) is 2.39. The maximum Gasteiger partial charge on any atom is 0.303 e. The number of amides is 1. The second-order valence-electron chi connectivity index (χ2n) is 6.46. The first-order valence-electron chi connectivity index (χ1n) is 9.44. The molecule has 0 aromatic carbocycles. The van der Waals surface area contributed by atoms with Gasteiger partial charge in [0.2, 0.25) is 5.91 Å². The van der Waals surface area contributed by atoms with E-state index in [2.05, 4.69) is 6.92 Å². The molecule has 25 heavy (non-hydrogen) atoms. The summed E-state index contributed by atoms with van der Waals surface area (Å²) >= 11 is 0. The van der Waals surface area contributed by atoms with Crippen molar-refractivity contribution in [3.63, 3.8) is 0 Å². The van der Waals surface area contributed by atoms with Crippen LogP contribution in [0.4, 0.5) is 0 Å². The van der Waals surface area contributed by atoms with Crippen molar-refractivity contribution < 1.29 is 19.8 Å². The number of aliphatic hydroxyl groups excluding tert-OH is 1. The Morgan fingerprint density at radius 3 is 2.32 bits per heavy atom. The minimum Gasteiger partial charge on any atom is -0.481 e. The zero-order valence-electron chi connectivity index (χ0n) is 15.8. The number of allylic oxidation sites excluding steroid dienone is 2. The summed E-state index contributed by atoms with van der Waals surface area (Å²) in [5.41, 5.74) is 0. The van der Waals surface area contributed by atoms with Gasteiger partial charge in [0.15, 0.2) is 0 Å². The standard InChI is InChI=1S/C20H35NO4/c1-3-4-8-13-18(22)14-9-7-12-17-21(2)19(23)15-10-5-6-11-16-20(24)25/h7,9,12,14,18,22H,3-6,8,10-11,13,15-17H2,1-2H3,(H,24,25)/b12-7-,14-9+/t18-/m1/s1. The van der Waals surface area contributed by atoms with E-state index in [1.165, 1.54) is 0 Å². The fourth-order valence-electron chi connectivity index (χ4n) is 2.39. The molecular weight excluding hydrogens is 318 g/mol. The van der Waals surface area contributed by atoms with Gasteiger partial charge >= 0.3 is 5.97 Å². The van der Waals surface area contributed by atoms with Gasteiger partial charge in [0, 0.05) is 26.4 Å². The fraction of sp³-hybridized carbons (Fsp3) is 0.700. The lowest BCUT2D eigenvalue weighted by Gasteiger charge is -2.14. The highest BCUT2D eigenvalue weighted by atomic mass is 16.4. The molecule has 0 radical (unpaired) electrons. The second-order valence-corrected chi connectivity index (χ2v) is 6.46. The number of likely N-dealkylation sites (N-methyl/N-ethyl adjacent to an activating group) is 1. The van der Waals surface area contributed by atoms with Crippen molar-refractivity contribution in [3.05, 3.63) is 24.3 Å². The molecule has 0 unspecified atom stereocenters. The van der Waals surface area contributed by atoms with Crippen LogP contribution in [-0.2, 0) is 9.59 Å². The van der Waals surface area contributed by atoms with Crippen LogP contribution in [0.15, 0.2) is 24.3 Å². The molecule has 0 aliphatic rings. The summed E-state index contributed by atoms with van der Waals surface area (Å²) in [7, 11) is 1.78. The van der Waals surface area contributed by atoms with E-state index in [-0.39, 0.29) is 12.3 Å². The number of carboxylic acids is 1. The predicted octanol–water partition coefficient (Wildman–Crippen LogP) is 3.92. The Labute approximate surface area is 152 Å². The quantitative estimate of drug-likeness (QED) is 0.345. The number of hydrogen-bond acceptors (Lipinski definition) is 3. The van der Waals surface area contributed by atoms with E-state index in [1.807, 2.05) is 18.2 Å². The van der Waals surface area contributed by atoms with Gasteiger partial charge in [0.25, 0.3) is 0 Å². The minimum atomic E-state index is -0.759. The summed E-state index contributed by atoms with van der Waals surface area (Å²) in [6.45, 7) is 2.69. The van der Waals surface area contributed by atoms with Crippen LogP contribution in [0.3, 0.4) is 0 Å². The van der Waals surface area contributed by atoms with E-state index in [9.17, 15) is 14.7 Å². The lowest BCUT2D eigenvalue weighted by atomic mass is 10.1. The van der Waals surface area contributed by atoms with Crippen molar-refractivity contribution in [2.75, 3.05) is 13.6 Å². The number of carbonyl (C=O) groups excluding carboxylic acids is 1. The molecule has 0 bridgehead atoms. The topological polar surface area (TPSA) is 77.8 Å². The molecule has 0 aromatic rings. The van der Waals surface area contributed by atoms with Crippen molar-refractivity contribution in [2.45, 2.75) is 77.2 Å². The molecule has 1 amide bonds. The van der Waals surface area contributed by atoms with E-state index in [0.717, 1.165) is 44.9 Å². The molecule has 0 aliphatic carbocycles. The molecule has 0 saturated heterocycles. The van der Waals surface area contributed by atoms with Crippen LogP contribution in [0.5, 0.6) is 0 Å². The van der Waals surface area contributed by atoms with Crippen LogP contribution in [0.25, 0.3) is 0 Å². The van der Waals surface area contributed by atoms with Crippen molar-refractivity contribution in [1.82, 2.24) is 4.90 Å². The highest BCUT2D eigenvalue weighted by Gasteiger charge is 2.06. The van der Waals surface area contributed by atoms with Crippen molar-refractivity contribution in [3.8, 4) is 0 Å².